The zero-order chi connectivity index (χ0) is 13.8. The van der Waals surface area contributed by atoms with Gasteiger partial charge in [0.05, 0.1) is 0 Å². The van der Waals surface area contributed by atoms with Gasteiger partial charge in [0.1, 0.15) is 5.54 Å². The lowest BCUT2D eigenvalue weighted by Gasteiger charge is -2.46. The third-order valence-corrected chi connectivity index (χ3v) is 3.79. The molecule has 1 N–H and O–H groups in total. The monoisotopic (exact) mass is 256 g/mol. The Labute approximate surface area is 109 Å². The highest BCUT2D eigenvalue weighted by Crippen LogP contribution is 2.30. The molecule has 0 aromatic heterocycles. The molecule has 1 rings (SSSR count). The molecule has 5 heteroatoms. The second-order valence-electron chi connectivity index (χ2n) is 5.28. The van der Waals surface area contributed by atoms with Crippen LogP contribution in [0.1, 0.15) is 40.0 Å². The van der Waals surface area contributed by atoms with Crippen LogP contribution in [0.4, 0.5) is 0 Å². The molecule has 1 fully saturated rings. The van der Waals surface area contributed by atoms with Crippen molar-refractivity contribution in [1.82, 2.24) is 9.80 Å². The van der Waals surface area contributed by atoms with Gasteiger partial charge in [-0.25, -0.2) is 4.79 Å². The summed E-state index contributed by atoms with van der Waals surface area (Å²) in [6, 6.07) is -0.0867. The van der Waals surface area contributed by atoms with Crippen LogP contribution in [0.25, 0.3) is 0 Å². The van der Waals surface area contributed by atoms with E-state index in [1.165, 1.54) is 4.90 Å². The molecule has 0 spiro atoms. The molecule has 18 heavy (non-hydrogen) atoms. The molecule has 0 aromatic carbocycles. The van der Waals surface area contributed by atoms with Gasteiger partial charge in [-0.15, -0.1) is 0 Å². The van der Waals surface area contributed by atoms with Crippen LogP contribution in [0.5, 0.6) is 0 Å². The first-order chi connectivity index (χ1) is 8.47. The average Bonchev–Trinajstić information content (AvgIpc) is 2.32. The Morgan fingerprint density at radius 1 is 1.44 bits per heavy atom. The van der Waals surface area contributed by atoms with Crippen molar-refractivity contribution in [2.24, 2.45) is 0 Å². The van der Waals surface area contributed by atoms with Crippen molar-refractivity contribution in [2.45, 2.75) is 51.6 Å². The minimum absolute atomic E-state index is 0.0867. The minimum Gasteiger partial charge on any atom is -0.479 e. The maximum Gasteiger partial charge on any atom is 0.329 e. The number of amides is 1. The van der Waals surface area contributed by atoms with Crippen molar-refractivity contribution in [3.63, 3.8) is 0 Å². The maximum atomic E-state index is 11.6. The van der Waals surface area contributed by atoms with Crippen LogP contribution in [0.3, 0.4) is 0 Å². The van der Waals surface area contributed by atoms with Crippen LogP contribution in [0, 0.1) is 0 Å². The van der Waals surface area contributed by atoms with Gasteiger partial charge < -0.3 is 14.9 Å². The number of aliphatic carboxylic acids is 1. The van der Waals surface area contributed by atoms with E-state index in [-0.39, 0.29) is 6.04 Å². The van der Waals surface area contributed by atoms with Gasteiger partial charge in [-0.3, -0.25) is 4.79 Å². The summed E-state index contributed by atoms with van der Waals surface area (Å²) in [5.74, 6) is -0.876. The van der Waals surface area contributed by atoms with Gasteiger partial charge in [-0.1, -0.05) is 6.92 Å². The van der Waals surface area contributed by atoms with E-state index in [9.17, 15) is 14.7 Å². The second kappa shape index (κ2) is 6.18. The van der Waals surface area contributed by atoms with Crippen molar-refractivity contribution < 1.29 is 14.7 Å². The fraction of sp³-hybridized carbons (Fsp3) is 0.846. The molecule has 0 bridgehead atoms. The molecule has 0 aromatic rings. The predicted molar refractivity (Wildman–Crippen MR) is 69.4 cm³/mol. The molecule has 5 nitrogen and oxygen atoms in total. The Balaban J connectivity index is 2.85. The van der Waals surface area contributed by atoms with Crippen molar-refractivity contribution in [3.8, 4) is 0 Å². The molecule has 1 amide bonds. The quantitative estimate of drug-likeness (QED) is 0.725. The molecular formula is C13H24N2O3. The largest absolute Gasteiger partial charge is 0.479 e. The summed E-state index contributed by atoms with van der Waals surface area (Å²) < 4.78 is 0. The number of hydrogen-bond acceptors (Lipinski definition) is 3. The zero-order valence-electron chi connectivity index (χ0n) is 11.6. The van der Waals surface area contributed by atoms with E-state index >= 15 is 0 Å². The van der Waals surface area contributed by atoms with Crippen molar-refractivity contribution in [1.29, 1.82) is 0 Å². The predicted octanol–water partition coefficient (Wildman–Crippen LogP) is 1.18. The number of piperidine rings is 1. The van der Waals surface area contributed by atoms with Crippen LogP contribution in [0.15, 0.2) is 0 Å². The van der Waals surface area contributed by atoms with Gasteiger partial charge in [-0.05, 0) is 39.7 Å². The van der Waals surface area contributed by atoms with E-state index in [1.54, 1.807) is 0 Å². The molecule has 1 heterocycles. The lowest BCUT2D eigenvalue weighted by molar-refractivity contribution is -0.161. The summed E-state index contributed by atoms with van der Waals surface area (Å²) in [4.78, 5) is 26.6. The normalized spacial score (nSPS) is 19.8. The number of hydrogen-bond donors (Lipinski definition) is 1. The first kappa shape index (κ1) is 15.0. The first-order valence-electron chi connectivity index (χ1n) is 6.67. The summed E-state index contributed by atoms with van der Waals surface area (Å²) in [5.41, 5.74) is -1.01. The van der Waals surface area contributed by atoms with E-state index in [0.29, 0.717) is 19.3 Å². The second-order valence-corrected chi connectivity index (χ2v) is 5.28. The summed E-state index contributed by atoms with van der Waals surface area (Å²) in [6.07, 6.45) is 2.79. The highest BCUT2D eigenvalue weighted by molar-refractivity contribution is 5.81. The molecule has 0 atom stereocenters. The molecule has 1 saturated heterocycles. The average molecular weight is 256 g/mol. The Bertz CT molecular complexity index is 297. The standard InChI is InChI=1S/C13H24N2O3/c1-4-7-14-8-5-13(6-9-14,12(17)18)15(10-16)11(2)3/h10-11H,4-9H2,1-3H3,(H,17,18). The van der Waals surface area contributed by atoms with Crippen LogP contribution in [-0.2, 0) is 9.59 Å². The molecule has 0 unspecified atom stereocenters. The third-order valence-electron chi connectivity index (χ3n) is 3.79. The van der Waals surface area contributed by atoms with Crippen LogP contribution < -0.4 is 0 Å². The molecule has 0 saturated carbocycles. The highest BCUT2D eigenvalue weighted by atomic mass is 16.4. The van der Waals surface area contributed by atoms with E-state index in [2.05, 4.69) is 11.8 Å². The number of rotatable bonds is 6. The van der Waals surface area contributed by atoms with Crippen molar-refractivity contribution >= 4 is 12.4 Å². The molecule has 0 aliphatic carbocycles. The van der Waals surface area contributed by atoms with Gasteiger partial charge >= 0.3 is 5.97 Å². The van der Waals surface area contributed by atoms with Gasteiger partial charge in [0.25, 0.3) is 0 Å². The Morgan fingerprint density at radius 3 is 2.33 bits per heavy atom. The van der Waals surface area contributed by atoms with E-state index in [4.69, 9.17) is 0 Å². The lowest BCUT2D eigenvalue weighted by Crippen LogP contribution is -2.61. The lowest BCUT2D eigenvalue weighted by atomic mass is 9.85. The van der Waals surface area contributed by atoms with Crippen LogP contribution in [0.2, 0.25) is 0 Å². The van der Waals surface area contributed by atoms with Gasteiger partial charge in [0, 0.05) is 19.1 Å². The van der Waals surface area contributed by atoms with Crippen LogP contribution >= 0.6 is 0 Å². The first-order valence-corrected chi connectivity index (χ1v) is 6.67. The highest BCUT2D eigenvalue weighted by Gasteiger charge is 2.46. The topological polar surface area (TPSA) is 60.9 Å². The fourth-order valence-electron chi connectivity index (χ4n) is 2.76. The molecular weight excluding hydrogens is 232 g/mol. The number of carboxylic acids is 1. The van der Waals surface area contributed by atoms with E-state index in [0.717, 1.165) is 26.1 Å². The Hall–Kier alpha value is -1.10. The number of likely N-dealkylation sites (tertiary alicyclic amines) is 1. The molecule has 1 aliphatic heterocycles. The minimum atomic E-state index is -1.01. The van der Waals surface area contributed by atoms with Gasteiger partial charge in [0.2, 0.25) is 6.41 Å². The maximum absolute atomic E-state index is 11.6. The zero-order valence-corrected chi connectivity index (χ0v) is 11.6. The molecule has 104 valence electrons. The van der Waals surface area contributed by atoms with E-state index < -0.39 is 11.5 Å². The van der Waals surface area contributed by atoms with E-state index in [1.807, 2.05) is 13.8 Å². The number of carbonyl (C=O) groups excluding carboxylic acids is 1. The Morgan fingerprint density at radius 2 is 2.00 bits per heavy atom. The number of carboxylic acid groups (broad SMARTS) is 1. The van der Waals surface area contributed by atoms with Crippen molar-refractivity contribution in [2.75, 3.05) is 19.6 Å². The number of nitrogens with zero attached hydrogens (tertiary/aromatic N) is 2. The van der Waals surface area contributed by atoms with Gasteiger partial charge in [0.15, 0.2) is 0 Å². The van der Waals surface area contributed by atoms with Crippen LogP contribution in [-0.4, -0.2) is 58.5 Å². The third kappa shape index (κ3) is 2.83. The molecule has 1 aliphatic rings. The summed E-state index contributed by atoms with van der Waals surface area (Å²) in [7, 11) is 0. The smallest absolute Gasteiger partial charge is 0.329 e. The Kier molecular flexibility index (Phi) is 5.14. The van der Waals surface area contributed by atoms with Crippen molar-refractivity contribution in [3.05, 3.63) is 0 Å². The molecule has 0 radical (unpaired) electrons. The van der Waals surface area contributed by atoms with Gasteiger partial charge in [-0.2, -0.15) is 0 Å². The number of carbonyl (C=O) groups is 2. The summed E-state index contributed by atoms with van der Waals surface area (Å²) >= 11 is 0. The summed E-state index contributed by atoms with van der Waals surface area (Å²) in [5, 5.41) is 9.54. The summed E-state index contributed by atoms with van der Waals surface area (Å²) in [6.45, 7) is 8.33. The SMILES string of the molecule is CCCN1CCC(C(=O)O)(N(C=O)C(C)C)CC1. The fourth-order valence-corrected chi connectivity index (χ4v) is 2.76.